The SMILES string of the molecule is CC(Oc1ccc(Cl)cc1Cl)C(=O)Nc1nc(-c2cccc3ccccc23)cs1. The Morgan fingerprint density at radius 3 is 2.72 bits per heavy atom. The minimum atomic E-state index is -0.751. The molecule has 0 saturated heterocycles. The van der Waals surface area contributed by atoms with Crippen LogP contribution in [0, 0.1) is 0 Å². The first kappa shape index (κ1) is 19.7. The number of rotatable bonds is 5. The van der Waals surface area contributed by atoms with Gasteiger partial charge in [0.2, 0.25) is 0 Å². The fourth-order valence-corrected chi connectivity index (χ4v) is 4.09. The number of anilines is 1. The Kier molecular flexibility index (Phi) is 5.72. The minimum absolute atomic E-state index is 0.310. The average Bonchev–Trinajstić information content (AvgIpc) is 3.17. The summed E-state index contributed by atoms with van der Waals surface area (Å²) in [5, 5.41) is 8.36. The lowest BCUT2D eigenvalue weighted by atomic mass is 10.0. The fraction of sp³-hybridized carbons (Fsp3) is 0.0909. The Hall–Kier alpha value is -2.60. The average molecular weight is 443 g/mol. The lowest BCUT2D eigenvalue weighted by Gasteiger charge is -2.14. The first-order chi connectivity index (χ1) is 14.0. The van der Waals surface area contributed by atoms with E-state index in [-0.39, 0.29) is 5.91 Å². The molecule has 0 spiro atoms. The first-order valence-corrected chi connectivity index (χ1v) is 10.5. The summed E-state index contributed by atoms with van der Waals surface area (Å²) in [7, 11) is 0. The van der Waals surface area contributed by atoms with E-state index in [1.165, 1.54) is 11.3 Å². The maximum absolute atomic E-state index is 12.5. The number of nitrogens with one attached hydrogen (secondary N) is 1. The van der Waals surface area contributed by atoms with E-state index in [9.17, 15) is 4.79 Å². The third-order valence-corrected chi connectivity index (χ3v) is 5.65. The quantitative estimate of drug-likeness (QED) is 0.375. The second-order valence-electron chi connectivity index (χ2n) is 6.39. The van der Waals surface area contributed by atoms with E-state index < -0.39 is 6.10 Å². The number of hydrogen-bond acceptors (Lipinski definition) is 4. The first-order valence-electron chi connectivity index (χ1n) is 8.87. The molecule has 1 atom stereocenters. The number of halogens is 2. The lowest BCUT2D eigenvalue weighted by Crippen LogP contribution is -2.30. The second-order valence-corrected chi connectivity index (χ2v) is 8.09. The number of carbonyl (C=O) groups excluding carboxylic acids is 1. The molecule has 29 heavy (non-hydrogen) atoms. The number of nitrogens with zero attached hydrogens (tertiary/aromatic N) is 1. The van der Waals surface area contributed by atoms with Gasteiger partial charge in [-0.3, -0.25) is 10.1 Å². The van der Waals surface area contributed by atoms with Crippen molar-refractivity contribution in [2.45, 2.75) is 13.0 Å². The Labute approximate surface area is 182 Å². The largest absolute Gasteiger partial charge is 0.479 e. The maximum Gasteiger partial charge on any atom is 0.266 e. The zero-order valence-corrected chi connectivity index (χ0v) is 17.7. The van der Waals surface area contributed by atoms with Gasteiger partial charge in [0.15, 0.2) is 11.2 Å². The van der Waals surface area contributed by atoms with Crippen LogP contribution in [0.2, 0.25) is 10.0 Å². The van der Waals surface area contributed by atoms with Crippen molar-refractivity contribution in [2.75, 3.05) is 5.32 Å². The summed E-state index contributed by atoms with van der Waals surface area (Å²) in [5.41, 5.74) is 1.84. The zero-order chi connectivity index (χ0) is 20.4. The summed E-state index contributed by atoms with van der Waals surface area (Å²) in [6, 6.07) is 19.1. The van der Waals surface area contributed by atoms with E-state index in [1.807, 2.05) is 29.6 Å². The topological polar surface area (TPSA) is 51.2 Å². The highest BCUT2D eigenvalue weighted by molar-refractivity contribution is 7.14. The number of thiazole rings is 1. The van der Waals surface area contributed by atoms with Crippen molar-refractivity contribution in [3.05, 3.63) is 76.1 Å². The molecule has 4 nitrogen and oxygen atoms in total. The van der Waals surface area contributed by atoms with Crippen LogP contribution < -0.4 is 10.1 Å². The molecule has 4 rings (SSSR count). The van der Waals surface area contributed by atoms with Gasteiger partial charge in [-0.2, -0.15) is 0 Å². The van der Waals surface area contributed by atoms with Gasteiger partial charge in [0.05, 0.1) is 10.7 Å². The van der Waals surface area contributed by atoms with Crippen LogP contribution in [-0.2, 0) is 4.79 Å². The molecular weight excluding hydrogens is 427 g/mol. The maximum atomic E-state index is 12.5. The third-order valence-electron chi connectivity index (χ3n) is 4.37. The highest BCUT2D eigenvalue weighted by atomic mass is 35.5. The second kappa shape index (κ2) is 8.41. The van der Waals surface area contributed by atoms with Crippen LogP contribution in [0.4, 0.5) is 5.13 Å². The van der Waals surface area contributed by atoms with Crippen molar-refractivity contribution >= 4 is 56.3 Å². The number of amides is 1. The smallest absolute Gasteiger partial charge is 0.266 e. The third kappa shape index (κ3) is 4.37. The van der Waals surface area contributed by atoms with Crippen molar-refractivity contribution in [2.24, 2.45) is 0 Å². The number of aromatic nitrogens is 1. The van der Waals surface area contributed by atoms with Gasteiger partial charge in [-0.1, -0.05) is 65.7 Å². The Balaban J connectivity index is 1.49. The Morgan fingerprint density at radius 1 is 1.10 bits per heavy atom. The molecule has 0 bridgehead atoms. The van der Waals surface area contributed by atoms with Crippen LogP contribution in [0.1, 0.15) is 6.92 Å². The molecule has 4 aromatic rings. The predicted octanol–water partition coefficient (Wildman–Crippen LogP) is 6.68. The number of benzene rings is 3. The van der Waals surface area contributed by atoms with Gasteiger partial charge >= 0.3 is 0 Å². The molecule has 0 fully saturated rings. The Morgan fingerprint density at radius 2 is 1.90 bits per heavy atom. The molecule has 3 aromatic carbocycles. The fourth-order valence-electron chi connectivity index (χ4n) is 2.93. The monoisotopic (exact) mass is 442 g/mol. The van der Waals surface area contributed by atoms with Gasteiger partial charge in [-0.05, 0) is 35.9 Å². The summed E-state index contributed by atoms with van der Waals surface area (Å²) < 4.78 is 5.66. The van der Waals surface area contributed by atoms with Crippen LogP contribution in [0.3, 0.4) is 0 Å². The van der Waals surface area contributed by atoms with Crippen LogP contribution in [0.5, 0.6) is 5.75 Å². The molecule has 7 heteroatoms. The van der Waals surface area contributed by atoms with Crippen LogP contribution in [0.25, 0.3) is 22.0 Å². The van der Waals surface area contributed by atoms with Crippen molar-refractivity contribution in [1.29, 1.82) is 0 Å². The highest BCUT2D eigenvalue weighted by Gasteiger charge is 2.18. The van der Waals surface area contributed by atoms with E-state index in [0.717, 1.165) is 22.0 Å². The van der Waals surface area contributed by atoms with Crippen molar-refractivity contribution < 1.29 is 9.53 Å². The van der Waals surface area contributed by atoms with Crippen LogP contribution in [-0.4, -0.2) is 17.0 Å². The standard InChI is InChI=1S/C22H16Cl2N2O2S/c1-13(28-20-10-9-15(23)11-18(20)24)21(27)26-22-25-19(12-29-22)17-8-4-6-14-5-2-3-7-16(14)17/h2-13H,1H3,(H,25,26,27). The molecule has 0 saturated carbocycles. The molecular formula is C22H16Cl2N2O2S. The molecule has 0 radical (unpaired) electrons. The molecule has 0 aliphatic heterocycles. The number of carbonyl (C=O) groups is 1. The van der Waals surface area contributed by atoms with Gasteiger partial charge in [-0.25, -0.2) is 4.98 Å². The minimum Gasteiger partial charge on any atom is -0.479 e. The molecule has 146 valence electrons. The predicted molar refractivity (Wildman–Crippen MR) is 120 cm³/mol. The van der Waals surface area contributed by atoms with Crippen LogP contribution >= 0.6 is 34.5 Å². The van der Waals surface area contributed by atoms with Crippen molar-refractivity contribution in [3.8, 4) is 17.0 Å². The highest BCUT2D eigenvalue weighted by Crippen LogP contribution is 2.31. The van der Waals surface area contributed by atoms with E-state index in [1.54, 1.807) is 25.1 Å². The van der Waals surface area contributed by atoms with Gasteiger partial charge in [0.1, 0.15) is 5.75 Å². The number of ether oxygens (including phenoxy) is 1. The molecule has 1 heterocycles. The van der Waals surface area contributed by atoms with E-state index in [0.29, 0.717) is 20.9 Å². The summed E-state index contributed by atoms with van der Waals surface area (Å²) in [6.07, 6.45) is -0.751. The van der Waals surface area contributed by atoms with Gasteiger partial charge in [0, 0.05) is 16.0 Å². The van der Waals surface area contributed by atoms with Crippen molar-refractivity contribution in [1.82, 2.24) is 4.98 Å². The number of fused-ring (bicyclic) bond motifs is 1. The van der Waals surface area contributed by atoms with Gasteiger partial charge in [0.25, 0.3) is 5.91 Å². The summed E-state index contributed by atoms with van der Waals surface area (Å²) >= 11 is 13.4. The van der Waals surface area contributed by atoms with E-state index in [2.05, 4.69) is 28.5 Å². The van der Waals surface area contributed by atoms with Gasteiger partial charge < -0.3 is 4.74 Å². The van der Waals surface area contributed by atoms with E-state index >= 15 is 0 Å². The summed E-state index contributed by atoms with van der Waals surface area (Å²) in [4.78, 5) is 17.1. The zero-order valence-electron chi connectivity index (χ0n) is 15.4. The molecule has 1 N–H and O–H groups in total. The normalized spacial score (nSPS) is 12.0. The molecule has 1 aromatic heterocycles. The van der Waals surface area contributed by atoms with Crippen molar-refractivity contribution in [3.63, 3.8) is 0 Å². The van der Waals surface area contributed by atoms with E-state index in [4.69, 9.17) is 27.9 Å². The summed E-state index contributed by atoms with van der Waals surface area (Å²) in [6.45, 7) is 1.65. The van der Waals surface area contributed by atoms with Crippen LogP contribution in [0.15, 0.2) is 66.0 Å². The Bertz CT molecular complexity index is 1190. The number of hydrogen-bond donors (Lipinski definition) is 1. The van der Waals surface area contributed by atoms with Gasteiger partial charge in [-0.15, -0.1) is 11.3 Å². The molecule has 1 unspecified atom stereocenters. The lowest BCUT2D eigenvalue weighted by molar-refractivity contribution is -0.122. The molecule has 0 aliphatic rings. The molecule has 0 aliphatic carbocycles. The molecule has 1 amide bonds. The summed E-state index contributed by atoms with van der Waals surface area (Å²) in [5.74, 6) is 0.0872.